The average molecular weight is 196 g/mol. The molecule has 2 rings (SSSR count). The zero-order valence-electron chi connectivity index (χ0n) is 7.54. The van der Waals surface area contributed by atoms with E-state index in [9.17, 15) is 9.41 Å². The summed E-state index contributed by atoms with van der Waals surface area (Å²) in [6.07, 6.45) is 0. The van der Waals surface area contributed by atoms with Crippen LogP contribution in [0.5, 0.6) is 0 Å². The fourth-order valence-electron chi connectivity index (χ4n) is 1.67. The normalized spacial score (nSPS) is 18.9. The molecule has 1 aromatic carbocycles. The van der Waals surface area contributed by atoms with Crippen LogP contribution in [-0.2, 0) is 4.34 Å². The van der Waals surface area contributed by atoms with Crippen LogP contribution in [0.25, 0.3) is 0 Å². The minimum Gasteiger partial charge on any atom is -0.446 e. The molecule has 68 valence electrons. The Balaban J connectivity index is 2.60. The summed E-state index contributed by atoms with van der Waals surface area (Å²) in [5.41, 5.74) is 0.720. The van der Waals surface area contributed by atoms with Crippen molar-refractivity contribution >= 4 is 26.1 Å². The maximum Gasteiger partial charge on any atom is 0.480 e. The van der Waals surface area contributed by atoms with Gasteiger partial charge in [-0.1, -0.05) is 6.07 Å². The van der Waals surface area contributed by atoms with E-state index in [2.05, 4.69) is 0 Å². The molecule has 2 nitrogen and oxygen atoms in total. The molecular weight excluding hydrogens is 186 g/mol. The summed E-state index contributed by atoms with van der Waals surface area (Å²) in [5.74, 6) is -0.267. The van der Waals surface area contributed by atoms with Crippen LogP contribution in [0.3, 0.4) is 0 Å². The van der Waals surface area contributed by atoms with E-state index in [4.69, 9.17) is 4.34 Å². The Morgan fingerprint density at radius 2 is 2.15 bits per heavy atom. The van der Waals surface area contributed by atoms with Crippen molar-refractivity contribution in [1.29, 1.82) is 0 Å². The molecule has 1 aromatic rings. The topological polar surface area (TPSA) is 29.5 Å². The molecule has 0 saturated carbocycles. The number of hydrogen-bond acceptors (Lipinski definition) is 2. The van der Waals surface area contributed by atoms with Gasteiger partial charge >= 0.3 is 7.12 Å². The van der Waals surface area contributed by atoms with Crippen molar-refractivity contribution in [1.82, 2.24) is 0 Å². The van der Waals surface area contributed by atoms with Gasteiger partial charge in [-0.05, 0) is 35.9 Å². The highest BCUT2D eigenvalue weighted by Gasteiger charge is 2.42. The molecule has 0 saturated heterocycles. The van der Waals surface area contributed by atoms with Gasteiger partial charge in [-0.25, -0.2) is 4.39 Å². The third-order valence-corrected chi connectivity index (χ3v) is 4.88. The van der Waals surface area contributed by atoms with Gasteiger partial charge in [0.2, 0.25) is 8.32 Å². The fourth-order valence-corrected chi connectivity index (χ4v) is 3.87. The molecule has 1 heterocycles. The predicted molar refractivity (Wildman–Crippen MR) is 52.2 cm³/mol. The van der Waals surface area contributed by atoms with Gasteiger partial charge in [-0.2, -0.15) is 0 Å². The summed E-state index contributed by atoms with van der Waals surface area (Å²) in [7, 11) is -2.91. The van der Waals surface area contributed by atoms with Gasteiger partial charge in [0.1, 0.15) is 5.82 Å². The average Bonchev–Trinajstić information content (AvgIpc) is 2.23. The van der Waals surface area contributed by atoms with Crippen LogP contribution in [-0.4, -0.2) is 20.5 Å². The summed E-state index contributed by atoms with van der Waals surface area (Å²) in [6.45, 7) is 3.89. The lowest BCUT2D eigenvalue weighted by Crippen LogP contribution is -2.43. The van der Waals surface area contributed by atoms with E-state index < -0.39 is 15.4 Å². The first-order valence-corrected chi connectivity index (χ1v) is 7.07. The summed E-state index contributed by atoms with van der Waals surface area (Å²) in [5, 5.41) is 10.4. The van der Waals surface area contributed by atoms with E-state index in [0.717, 1.165) is 10.6 Å². The molecule has 0 aliphatic carbocycles. The molecule has 0 radical (unpaired) electrons. The molecule has 0 unspecified atom stereocenters. The lowest BCUT2D eigenvalue weighted by Gasteiger charge is -2.16. The highest BCUT2D eigenvalue weighted by Crippen LogP contribution is 2.12. The molecule has 5 heteroatoms. The summed E-state index contributed by atoms with van der Waals surface area (Å²) in [6, 6.07) is 4.41. The standard InChI is InChI=1S/C8H10BFO2Si/c1-13(2)8-5-6(10)3-4-7(8)9(11)12-13/h3-5,11H,1-2H3. The summed E-state index contributed by atoms with van der Waals surface area (Å²) < 4.78 is 18.3. The highest BCUT2D eigenvalue weighted by atomic mass is 28.4. The van der Waals surface area contributed by atoms with Gasteiger partial charge < -0.3 is 9.37 Å². The van der Waals surface area contributed by atoms with Crippen LogP contribution < -0.4 is 10.6 Å². The van der Waals surface area contributed by atoms with Gasteiger partial charge in [-0.15, -0.1) is 0 Å². The van der Waals surface area contributed by atoms with Crippen molar-refractivity contribution in [2.45, 2.75) is 13.1 Å². The zero-order chi connectivity index (χ0) is 9.64. The van der Waals surface area contributed by atoms with Crippen LogP contribution in [0.1, 0.15) is 0 Å². The largest absolute Gasteiger partial charge is 0.480 e. The maximum absolute atomic E-state index is 12.9. The first-order chi connectivity index (χ1) is 6.00. The number of fused-ring (bicyclic) bond motifs is 1. The van der Waals surface area contributed by atoms with E-state index in [1.54, 1.807) is 6.07 Å². The molecule has 0 spiro atoms. The van der Waals surface area contributed by atoms with Crippen LogP contribution in [0, 0.1) is 5.82 Å². The lowest BCUT2D eigenvalue weighted by molar-refractivity contribution is 0.441. The SMILES string of the molecule is C[Si]1(C)OB(O)c2ccc(F)cc21. The Bertz CT molecular complexity index is 356. The monoisotopic (exact) mass is 196 g/mol. The minimum atomic E-state index is -2.05. The van der Waals surface area contributed by atoms with Gasteiger partial charge in [0.05, 0.1) is 0 Å². The van der Waals surface area contributed by atoms with Crippen molar-refractivity contribution in [2.24, 2.45) is 0 Å². The second-order valence-electron chi connectivity index (χ2n) is 3.71. The van der Waals surface area contributed by atoms with Crippen LogP contribution >= 0.6 is 0 Å². The predicted octanol–water partition coefficient (Wildman–Crippen LogP) is -0.0445. The second-order valence-corrected chi connectivity index (χ2v) is 7.51. The molecule has 1 N–H and O–H groups in total. The van der Waals surface area contributed by atoms with Gasteiger partial charge in [0.25, 0.3) is 0 Å². The van der Waals surface area contributed by atoms with E-state index in [0.29, 0.717) is 0 Å². The maximum atomic E-state index is 12.9. The Kier molecular flexibility index (Phi) is 1.83. The molecule has 0 bridgehead atoms. The zero-order valence-corrected chi connectivity index (χ0v) is 8.54. The first kappa shape index (κ1) is 8.93. The van der Waals surface area contributed by atoms with Gasteiger partial charge in [0.15, 0.2) is 0 Å². The molecule has 1 aliphatic heterocycles. The Hall–Kier alpha value is -0.648. The number of halogens is 1. The van der Waals surface area contributed by atoms with Crippen molar-refractivity contribution in [3.05, 3.63) is 24.0 Å². The van der Waals surface area contributed by atoms with E-state index in [1.807, 2.05) is 13.1 Å². The third kappa shape index (κ3) is 1.33. The molecule has 1 aliphatic rings. The first-order valence-electron chi connectivity index (χ1n) is 4.16. The quantitative estimate of drug-likeness (QED) is 0.590. The second kappa shape index (κ2) is 2.67. The summed E-state index contributed by atoms with van der Waals surface area (Å²) in [4.78, 5) is 0. The van der Waals surface area contributed by atoms with E-state index >= 15 is 0 Å². The number of rotatable bonds is 0. The van der Waals surface area contributed by atoms with Gasteiger partial charge in [-0.3, -0.25) is 0 Å². The molecular formula is C8H10BFO2Si. The van der Waals surface area contributed by atoms with Crippen molar-refractivity contribution in [3.8, 4) is 0 Å². The van der Waals surface area contributed by atoms with Crippen molar-refractivity contribution in [2.75, 3.05) is 0 Å². The fraction of sp³-hybridized carbons (Fsp3) is 0.250. The molecule has 0 atom stereocenters. The van der Waals surface area contributed by atoms with E-state index in [-0.39, 0.29) is 5.82 Å². The minimum absolute atomic E-state index is 0.267. The van der Waals surface area contributed by atoms with Crippen LogP contribution in [0.2, 0.25) is 13.1 Å². The number of benzene rings is 1. The Morgan fingerprint density at radius 3 is 2.85 bits per heavy atom. The smallest absolute Gasteiger partial charge is 0.446 e. The van der Waals surface area contributed by atoms with Crippen LogP contribution in [0.4, 0.5) is 4.39 Å². The van der Waals surface area contributed by atoms with Crippen molar-refractivity contribution < 1.29 is 13.8 Å². The van der Waals surface area contributed by atoms with E-state index in [1.165, 1.54) is 12.1 Å². The summed E-state index contributed by atoms with van der Waals surface area (Å²) >= 11 is 0. The molecule has 0 amide bonds. The molecule has 0 fully saturated rings. The highest BCUT2D eigenvalue weighted by molar-refractivity contribution is 6.97. The Morgan fingerprint density at radius 1 is 1.46 bits per heavy atom. The van der Waals surface area contributed by atoms with Crippen LogP contribution in [0.15, 0.2) is 18.2 Å². The lowest BCUT2D eigenvalue weighted by atomic mass is 9.80. The third-order valence-electron chi connectivity index (χ3n) is 2.34. The number of hydrogen-bond donors (Lipinski definition) is 1. The Labute approximate surface area is 77.6 Å². The van der Waals surface area contributed by atoms with Crippen molar-refractivity contribution in [3.63, 3.8) is 0 Å². The molecule has 0 aromatic heterocycles. The van der Waals surface area contributed by atoms with Gasteiger partial charge in [0, 0.05) is 0 Å². The molecule has 13 heavy (non-hydrogen) atoms.